The Labute approximate surface area is 137 Å². The summed E-state index contributed by atoms with van der Waals surface area (Å²) in [5.74, 6) is -0.245. The second kappa shape index (κ2) is 7.28. The van der Waals surface area contributed by atoms with Crippen LogP contribution in [0.3, 0.4) is 0 Å². The Morgan fingerprint density at radius 2 is 2.00 bits per heavy atom. The van der Waals surface area contributed by atoms with Crippen LogP contribution in [0.15, 0.2) is 38.6 Å². The summed E-state index contributed by atoms with van der Waals surface area (Å²) in [7, 11) is 1.64. The van der Waals surface area contributed by atoms with E-state index < -0.39 is 10.9 Å². The standard InChI is InChI=1S/C15H17N3O4S/c1-4-12(23-14-15(21)22-17-18(14)3)13(20)16-11-7-5-10(6-8-11)9(2)19/h5-8,12H,4H2,1-3H3,(H-,16,17,19,20,21)/p+1. The van der Waals surface area contributed by atoms with Gasteiger partial charge in [-0.1, -0.05) is 11.6 Å². The lowest BCUT2D eigenvalue weighted by atomic mass is 10.1. The number of benzene rings is 1. The van der Waals surface area contributed by atoms with Crippen molar-refractivity contribution in [2.75, 3.05) is 5.32 Å². The molecular formula is C15H18N3O4S+. The third-order valence-electron chi connectivity index (χ3n) is 3.23. The van der Waals surface area contributed by atoms with Crippen LogP contribution in [0.1, 0.15) is 30.6 Å². The van der Waals surface area contributed by atoms with Crippen molar-refractivity contribution in [2.24, 2.45) is 7.05 Å². The lowest BCUT2D eigenvalue weighted by molar-refractivity contribution is -0.772. The molecule has 8 heteroatoms. The largest absolute Gasteiger partial charge is 0.441 e. The molecule has 0 saturated heterocycles. The summed E-state index contributed by atoms with van der Waals surface area (Å²) in [6.07, 6.45) is 0.548. The van der Waals surface area contributed by atoms with Crippen LogP contribution in [0.4, 0.5) is 5.69 Å². The first-order valence-corrected chi connectivity index (χ1v) is 7.96. The van der Waals surface area contributed by atoms with E-state index in [9.17, 15) is 14.4 Å². The smallest absolute Gasteiger partial charge is 0.325 e. The molecule has 0 bridgehead atoms. The van der Waals surface area contributed by atoms with E-state index in [2.05, 4.69) is 15.1 Å². The Balaban J connectivity index is 2.08. The summed E-state index contributed by atoms with van der Waals surface area (Å²) in [4.78, 5) is 35.2. The molecule has 1 amide bonds. The topological polar surface area (TPSA) is 96.1 Å². The molecular weight excluding hydrogens is 318 g/mol. The minimum Gasteiger partial charge on any atom is -0.325 e. The molecule has 0 aliphatic rings. The SMILES string of the molecule is CCC(Sc1c(=O)o[nH][n+]1C)C(=O)Nc1ccc(C(C)=O)cc1. The normalized spacial score (nSPS) is 12.0. The summed E-state index contributed by atoms with van der Waals surface area (Å²) in [6, 6.07) is 6.67. The summed E-state index contributed by atoms with van der Waals surface area (Å²) in [5, 5.41) is 5.10. The summed E-state index contributed by atoms with van der Waals surface area (Å²) < 4.78 is 6.11. The van der Waals surface area contributed by atoms with E-state index in [4.69, 9.17) is 0 Å². The zero-order valence-electron chi connectivity index (χ0n) is 13.1. The number of hydrogen-bond acceptors (Lipinski definition) is 5. The molecule has 2 aromatic rings. The highest BCUT2D eigenvalue weighted by Crippen LogP contribution is 2.21. The van der Waals surface area contributed by atoms with Crippen LogP contribution in [0.5, 0.6) is 0 Å². The molecule has 7 nitrogen and oxygen atoms in total. The number of nitrogens with one attached hydrogen (secondary N) is 2. The fourth-order valence-corrected chi connectivity index (χ4v) is 2.86. The maximum Gasteiger partial charge on any atom is 0.441 e. The number of thioether (sulfide) groups is 1. The average molecular weight is 336 g/mol. The molecule has 23 heavy (non-hydrogen) atoms. The van der Waals surface area contributed by atoms with Gasteiger partial charge in [-0.05, 0) is 54.6 Å². The molecule has 0 spiro atoms. The molecule has 1 heterocycles. The van der Waals surface area contributed by atoms with Crippen LogP contribution in [0.2, 0.25) is 0 Å². The molecule has 0 radical (unpaired) electrons. The predicted octanol–water partition coefficient (Wildman–Crippen LogP) is 1.50. The number of aryl methyl sites for hydroxylation is 1. The van der Waals surface area contributed by atoms with Crippen LogP contribution in [-0.4, -0.2) is 22.2 Å². The molecule has 2 N–H and O–H groups in total. The van der Waals surface area contributed by atoms with Gasteiger partial charge in [0, 0.05) is 11.3 Å². The van der Waals surface area contributed by atoms with Crippen LogP contribution in [-0.2, 0) is 11.8 Å². The number of aromatic amines is 1. The van der Waals surface area contributed by atoms with Crippen molar-refractivity contribution in [3.8, 4) is 0 Å². The van der Waals surface area contributed by atoms with Gasteiger partial charge in [0.15, 0.2) is 12.8 Å². The minimum absolute atomic E-state index is 0.0310. The van der Waals surface area contributed by atoms with E-state index in [0.717, 1.165) is 11.8 Å². The highest BCUT2D eigenvalue weighted by molar-refractivity contribution is 8.00. The maximum atomic E-state index is 12.4. The van der Waals surface area contributed by atoms with Crippen LogP contribution < -0.4 is 15.6 Å². The molecule has 0 saturated carbocycles. The van der Waals surface area contributed by atoms with Crippen molar-refractivity contribution in [3.05, 3.63) is 40.2 Å². The van der Waals surface area contributed by atoms with Crippen molar-refractivity contribution in [1.29, 1.82) is 0 Å². The summed E-state index contributed by atoms with van der Waals surface area (Å²) >= 11 is 1.14. The average Bonchev–Trinajstić information content (AvgIpc) is 2.84. The number of anilines is 1. The zero-order valence-corrected chi connectivity index (χ0v) is 13.9. The number of Topliss-reactive ketones (excluding diaryl/α,β-unsaturated/α-hetero) is 1. The number of ketones is 1. The molecule has 122 valence electrons. The second-order valence-electron chi connectivity index (χ2n) is 4.98. The molecule has 1 aromatic heterocycles. The minimum atomic E-state index is -0.505. The van der Waals surface area contributed by atoms with Gasteiger partial charge in [-0.25, -0.2) is 4.79 Å². The molecule has 1 atom stereocenters. The van der Waals surface area contributed by atoms with E-state index in [-0.39, 0.29) is 11.7 Å². The van der Waals surface area contributed by atoms with Gasteiger partial charge in [0.2, 0.25) is 5.91 Å². The monoisotopic (exact) mass is 336 g/mol. The van der Waals surface area contributed by atoms with Gasteiger partial charge in [-0.3, -0.25) is 14.1 Å². The zero-order chi connectivity index (χ0) is 17.0. The van der Waals surface area contributed by atoms with Crippen LogP contribution in [0.25, 0.3) is 0 Å². The number of H-pyrrole nitrogens is 1. The first kappa shape index (κ1) is 17.0. The number of rotatable bonds is 6. The van der Waals surface area contributed by atoms with Crippen molar-refractivity contribution in [3.63, 3.8) is 0 Å². The van der Waals surface area contributed by atoms with Crippen molar-refractivity contribution >= 4 is 29.1 Å². The Kier molecular flexibility index (Phi) is 5.38. The van der Waals surface area contributed by atoms with E-state index in [1.165, 1.54) is 11.6 Å². The number of aromatic nitrogens is 2. The van der Waals surface area contributed by atoms with E-state index in [1.54, 1.807) is 31.3 Å². The van der Waals surface area contributed by atoms with Gasteiger partial charge in [0.05, 0.1) is 5.25 Å². The van der Waals surface area contributed by atoms with Gasteiger partial charge in [-0.15, -0.1) is 0 Å². The lowest BCUT2D eigenvalue weighted by Crippen LogP contribution is -2.35. The number of nitrogens with zero attached hydrogens (tertiary/aromatic N) is 1. The quantitative estimate of drug-likeness (QED) is 0.473. The number of carbonyl (C=O) groups is 2. The summed E-state index contributed by atoms with van der Waals surface area (Å²) in [5.41, 5.74) is 0.681. The lowest BCUT2D eigenvalue weighted by Gasteiger charge is -2.12. The van der Waals surface area contributed by atoms with E-state index >= 15 is 0 Å². The van der Waals surface area contributed by atoms with Crippen molar-refractivity contribution < 1.29 is 18.8 Å². The molecule has 0 aliphatic heterocycles. The number of hydrogen-bond donors (Lipinski definition) is 2. The first-order chi connectivity index (χ1) is 10.9. The van der Waals surface area contributed by atoms with Crippen LogP contribution in [0, 0.1) is 0 Å². The number of carbonyl (C=O) groups excluding carboxylic acids is 2. The molecule has 1 aromatic carbocycles. The Hall–Kier alpha value is -2.35. The second-order valence-corrected chi connectivity index (χ2v) is 6.17. The van der Waals surface area contributed by atoms with Crippen LogP contribution >= 0.6 is 11.8 Å². The van der Waals surface area contributed by atoms with Gasteiger partial charge < -0.3 is 5.32 Å². The maximum absolute atomic E-state index is 12.4. The Morgan fingerprint density at radius 3 is 2.48 bits per heavy atom. The predicted molar refractivity (Wildman–Crippen MR) is 85.5 cm³/mol. The first-order valence-electron chi connectivity index (χ1n) is 7.08. The van der Waals surface area contributed by atoms with E-state index in [1.807, 2.05) is 6.92 Å². The molecule has 0 aliphatic carbocycles. The fourth-order valence-electron chi connectivity index (χ4n) is 1.93. The molecule has 0 fully saturated rings. The van der Waals surface area contributed by atoms with E-state index in [0.29, 0.717) is 22.7 Å². The highest BCUT2D eigenvalue weighted by Gasteiger charge is 2.27. The van der Waals surface area contributed by atoms with Crippen molar-refractivity contribution in [1.82, 2.24) is 5.27 Å². The third kappa shape index (κ3) is 4.10. The molecule has 2 rings (SSSR count). The summed E-state index contributed by atoms with van der Waals surface area (Å²) in [6.45, 7) is 3.35. The highest BCUT2D eigenvalue weighted by atomic mass is 32.2. The van der Waals surface area contributed by atoms with Gasteiger partial charge in [-0.2, -0.15) is 0 Å². The van der Waals surface area contributed by atoms with Gasteiger partial charge in [0.1, 0.15) is 0 Å². The van der Waals surface area contributed by atoms with Gasteiger partial charge >= 0.3 is 10.7 Å². The van der Waals surface area contributed by atoms with Crippen molar-refractivity contribution in [2.45, 2.75) is 30.5 Å². The molecule has 1 unspecified atom stereocenters. The fraction of sp³-hybridized carbons (Fsp3) is 0.333. The third-order valence-corrected chi connectivity index (χ3v) is 4.73. The van der Waals surface area contributed by atoms with Gasteiger partial charge in [0.25, 0.3) is 0 Å². The Bertz CT molecular complexity index is 764. The Morgan fingerprint density at radius 1 is 1.35 bits per heavy atom. The number of amides is 1.